The van der Waals surface area contributed by atoms with Crippen molar-refractivity contribution in [2.45, 2.75) is 58.5 Å². The molecule has 25 heavy (non-hydrogen) atoms. The molecule has 0 heterocycles. The Morgan fingerprint density at radius 3 is 2.28 bits per heavy atom. The van der Waals surface area contributed by atoms with Crippen LogP contribution in [0.1, 0.15) is 46.1 Å². The molecule has 0 aliphatic rings. The first-order valence-corrected chi connectivity index (χ1v) is 8.18. The maximum absolute atomic E-state index is 12.7. The Labute approximate surface area is 148 Å². The molecule has 0 spiro atoms. The highest BCUT2D eigenvalue weighted by molar-refractivity contribution is 5.90. The van der Waals surface area contributed by atoms with Crippen LogP contribution in [0, 0.1) is 0 Å². The number of amides is 1. The summed E-state index contributed by atoms with van der Waals surface area (Å²) < 4.78 is 10.7. The van der Waals surface area contributed by atoms with Gasteiger partial charge in [0.05, 0.1) is 5.60 Å². The zero-order valence-corrected chi connectivity index (χ0v) is 15.3. The number of benzene rings is 1. The Balaban J connectivity index is 3.10. The molecule has 1 amide bonds. The van der Waals surface area contributed by atoms with Gasteiger partial charge in [0, 0.05) is 6.61 Å². The van der Waals surface area contributed by atoms with E-state index in [2.05, 4.69) is 5.48 Å². The predicted octanol–water partition coefficient (Wildman–Crippen LogP) is 2.47. The van der Waals surface area contributed by atoms with Crippen LogP contribution in [-0.2, 0) is 23.9 Å². The van der Waals surface area contributed by atoms with Crippen LogP contribution in [0.4, 0.5) is 0 Å². The molecule has 0 radical (unpaired) electrons. The van der Waals surface area contributed by atoms with Crippen LogP contribution < -0.4 is 5.48 Å². The summed E-state index contributed by atoms with van der Waals surface area (Å²) in [6.45, 7) is 9.04. The standard InChI is InChI=1S/C18H27NO6/c1-6-23-12(2)24-15(17(21)22)14(13-10-8-7-9-11-13)16(20)19-25-18(3,4)5/h7-12,14-15H,6H2,1-5H3,(H,19,20)(H,21,22)/t12?,14-,15+/m0/s1. The average molecular weight is 353 g/mol. The normalized spacial score (nSPS) is 15.2. The zero-order valence-electron chi connectivity index (χ0n) is 15.3. The SMILES string of the molecule is CCOC(C)O[C@@H](C(=O)O)[C@@H](C(=O)NOC(C)(C)C)c1ccccc1. The second kappa shape index (κ2) is 9.50. The molecule has 0 bridgehead atoms. The highest BCUT2D eigenvalue weighted by atomic mass is 16.7. The predicted molar refractivity (Wildman–Crippen MR) is 91.8 cm³/mol. The van der Waals surface area contributed by atoms with Crippen LogP contribution in [0.15, 0.2) is 30.3 Å². The minimum absolute atomic E-state index is 0.364. The first-order chi connectivity index (χ1) is 11.7. The van der Waals surface area contributed by atoms with Gasteiger partial charge in [-0.25, -0.2) is 10.3 Å². The van der Waals surface area contributed by atoms with Gasteiger partial charge in [-0.15, -0.1) is 0 Å². The van der Waals surface area contributed by atoms with Gasteiger partial charge in [-0.1, -0.05) is 30.3 Å². The van der Waals surface area contributed by atoms with E-state index in [1.54, 1.807) is 65.0 Å². The number of carbonyl (C=O) groups excluding carboxylic acids is 1. The number of aliphatic carboxylic acids is 1. The number of nitrogens with one attached hydrogen (secondary N) is 1. The lowest BCUT2D eigenvalue weighted by Crippen LogP contribution is -2.44. The molecule has 0 fully saturated rings. The van der Waals surface area contributed by atoms with E-state index in [0.29, 0.717) is 12.2 Å². The summed E-state index contributed by atoms with van der Waals surface area (Å²) in [7, 11) is 0. The molecular formula is C18H27NO6. The Bertz CT molecular complexity index is 554. The second-order valence-electron chi connectivity index (χ2n) is 6.49. The minimum Gasteiger partial charge on any atom is -0.479 e. The number of ether oxygens (including phenoxy) is 2. The van der Waals surface area contributed by atoms with E-state index in [9.17, 15) is 14.7 Å². The molecular weight excluding hydrogens is 326 g/mol. The van der Waals surface area contributed by atoms with Gasteiger partial charge >= 0.3 is 5.97 Å². The van der Waals surface area contributed by atoms with Gasteiger partial charge in [0.25, 0.3) is 5.91 Å². The van der Waals surface area contributed by atoms with Gasteiger partial charge in [-0.05, 0) is 40.2 Å². The lowest BCUT2D eigenvalue weighted by atomic mass is 9.92. The minimum atomic E-state index is -1.42. The van der Waals surface area contributed by atoms with E-state index in [1.165, 1.54) is 0 Å². The van der Waals surface area contributed by atoms with Crippen LogP contribution in [0.3, 0.4) is 0 Å². The maximum Gasteiger partial charge on any atom is 0.334 e. The van der Waals surface area contributed by atoms with Crippen molar-refractivity contribution in [1.82, 2.24) is 5.48 Å². The van der Waals surface area contributed by atoms with Gasteiger partial charge < -0.3 is 14.6 Å². The first kappa shape index (κ1) is 21.1. The Morgan fingerprint density at radius 2 is 1.80 bits per heavy atom. The second-order valence-corrected chi connectivity index (χ2v) is 6.49. The third-order valence-electron chi connectivity index (χ3n) is 3.18. The fourth-order valence-electron chi connectivity index (χ4n) is 2.15. The number of carboxylic acid groups (broad SMARTS) is 1. The summed E-state index contributed by atoms with van der Waals surface area (Å²) in [5.74, 6) is -2.95. The molecule has 0 aromatic heterocycles. The summed E-state index contributed by atoms with van der Waals surface area (Å²) >= 11 is 0. The third-order valence-corrected chi connectivity index (χ3v) is 3.18. The molecule has 2 N–H and O–H groups in total. The maximum atomic E-state index is 12.7. The summed E-state index contributed by atoms with van der Waals surface area (Å²) in [5.41, 5.74) is 2.23. The number of hydrogen-bond donors (Lipinski definition) is 2. The van der Waals surface area contributed by atoms with Gasteiger partial charge in [0.15, 0.2) is 12.4 Å². The molecule has 1 rings (SSSR count). The van der Waals surface area contributed by atoms with Crippen molar-refractivity contribution in [3.8, 4) is 0 Å². The van der Waals surface area contributed by atoms with Crippen molar-refractivity contribution in [3.63, 3.8) is 0 Å². The molecule has 0 aliphatic heterocycles. The Morgan fingerprint density at radius 1 is 1.20 bits per heavy atom. The third kappa shape index (κ3) is 7.21. The molecule has 140 valence electrons. The van der Waals surface area contributed by atoms with Crippen molar-refractivity contribution < 1.29 is 29.0 Å². The topological polar surface area (TPSA) is 94.1 Å². The van der Waals surface area contributed by atoms with Gasteiger partial charge in [-0.2, -0.15) is 0 Å². The van der Waals surface area contributed by atoms with Crippen LogP contribution in [-0.4, -0.2) is 41.6 Å². The number of hydrogen-bond acceptors (Lipinski definition) is 5. The number of carbonyl (C=O) groups is 2. The lowest BCUT2D eigenvalue weighted by Gasteiger charge is -2.27. The van der Waals surface area contributed by atoms with Gasteiger partial charge in [0.2, 0.25) is 0 Å². The van der Waals surface area contributed by atoms with E-state index in [0.717, 1.165) is 0 Å². The molecule has 7 heteroatoms. The fourth-order valence-corrected chi connectivity index (χ4v) is 2.15. The molecule has 0 saturated carbocycles. The van der Waals surface area contributed by atoms with E-state index in [-0.39, 0.29) is 0 Å². The van der Waals surface area contributed by atoms with Crippen molar-refractivity contribution in [3.05, 3.63) is 35.9 Å². The van der Waals surface area contributed by atoms with Crippen LogP contribution in [0.5, 0.6) is 0 Å². The summed E-state index contributed by atoms with van der Waals surface area (Å²) in [4.78, 5) is 29.7. The molecule has 7 nitrogen and oxygen atoms in total. The molecule has 3 atom stereocenters. The number of carboxylic acids is 1. The zero-order chi connectivity index (χ0) is 19.0. The van der Waals surface area contributed by atoms with Crippen LogP contribution in [0.25, 0.3) is 0 Å². The van der Waals surface area contributed by atoms with Crippen molar-refractivity contribution in [2.24, 2.45) is 0 Å². The highest BCUT2D eigenvalue weighted by Gasteiger charge is 2.38. The van der Waals surface area contributed by atoms with Crippen molar-refractivity contribution >= 4 is 11.9 Å². The van der Waals surface area contributed by atoms with E-state index >= 15 is 0 Å². The number of rotatable bonds is 9. The first-order valence-electron chi connectivity index (χ1n) is 8.18. The van der Waals surface area contributed by atoms with Gasteiger partial charge in [-0.3, -0.25) is 9.63 Å². The molecule has 1 aromatic rings. The lowest BCUT2D eigenvalue weighted by molar-refractivity contribution is -0.190. The summed E-state index contributed by atoms with van der Waals surface area (Å²) in [6.07, 6.45) is -2.19. The van der Waals surface area contributed by atoms with Gasteiger partial charge in [0.1, 0.15) is 5.92 Å². The highest BCUT2D eigenvalue weighted by Crippen LogP contribution is 2.24. The van der Waals surface area contributed by atoms with Crippen molar-refractivity contribution in [1.29, 1.82) is 0 Å². The Hall–Kier alpha value is -1.96. The smallest absolute Gasteiger partial charge is 0.334 e. The van der Waals surface area contributed by atoms with Crippen LogP contribution >= 0.6 is 0 Å². The van der Waals surface area contributed by atoms with E-state index in [1.807, 2.05) is 0 Å². The molecule has 1 aromatic carbocycles. The van der Waals surface area contributed by atoms with Crippen LogP contribution in [0.2, 0.25) is 0 Å². The average Bonchev–Trinajstić information content (AvgIpc) is 2.53. The van der Waals surface area contributed by atoms with E-state index < -0.39 is 35.8 Å². The largest absolute Gasteiger partial charge is 0.479 e. The van der Waals surface area contributed by atoms with Crippen molar-refractivity contribution in [2.75, 3.05) is 6.61 Å². The fraction of sp³-hybridized carbons (Fsp3) is 0.556. The monoisotopic (exact) mass is 353 g/mol. The number of hydroxylamine groups is 1. The molecule has 0 saturated heterocycles. The van der Waals surface area contributed by atoms with E-state index in [4.69, 9.17) is 14.3 Å². The molecule has 1 unspecified atom stereocenters. The molecule has 0 aliphatic carbocycles. The quantitative estimate of drug-likeness (QED) is 0.523. The Kier molecular flexibility index (Phi) is 8.02. The summed E-state index contributed by atoms with van der Waals surface area (Å²) in [6, 6.07) is 8.58. The summed E-state index contributed by atoms with van der Waals surface area (Å²) in [5, 5.41) is 9.60.